The molecule has 1 aromatic rings. The van der Waals surface area contributed by atoms with E-state index in [-0.39, 0.29) is 12.6 Å². The second kappa shape index (κ2) is 8.02. The van der Waals surface area contributed by atoms with Crippen LogP contribution in [0.4, 0.5) is 0 Å². The summed E-state index contributed by atoms with van der Waals surface area (Å²) in [5.41, 5.74) is 1.01. The molecule has 1 heterocycles. The zero-order valence-corrected chi connectivity index (χ0v) is 11.8. The Morgan fingerprint density at radius 2 is 2.10 bits per heavy atom. The summed E-state index contributed by atoms with van der Waals surface area (Å²) in [4.78, 5) is 14.1. The van der Waals surface area contributed by atoms with Crippen LogP contribution >= 0.6 is 0 Å². The van der Waals surface area contributed by atoms with Crippen molar-refractivity contribution in [3.63, 3.8) is 0 Å². The second-order valence-electron chi connectivity index (χ2n) is 5.28. The van der Waals surface area contributed by atoms with Crippen LogP contribution in [0, 0.1) is 0 Å². The van der Waals surface area contributed by atoms with Crippen LogP contribution in [0.5, 0.6) is 0 Å². The first-order valence-corrected chi connectivity index (χ1v) is 7.34. The Morgan fingerprint density at radius 1 is 1.30 bits per heavy atom. The minimum Gasteiger partial charge on any atom is -0.460 e. The summed E-state index contributed by atoms with van der Waals surface area (Å²) in [5, 5.41) is 9.08. The van der Waals surface area contributed by atoms with Gasteiger partial charge in [-0.3, -0.25) is 9.69 Å². The number of benzene rings is 1. The third kappa shape index (κ3) is 4.62. The van der Waals surface area contributed by atoms with Crippen molar-refractivity contribution in [2.75, 3.05) is 19.7 Å². The molecule has 0 spiro atoms. The molecule has 1 atom stereocenters. The van der Waals surface area contributed by atoms with Crippen LogP contribution in [0.1, 0.15) is 31.2 Å². The van der Waals surface area contributed by atoms with Gasteiger partial charge in [0, 0.05) is 12.6 Å². The van der Waals surface area contributed by atoms with Gasteiger partial charge in [0.05, 0.1) is 6.54 Å². The highest BCUT2D eigenvalue weighted by Crippen LogP contribution is 2.19. The Labute approximate surface area is 120 Å². The summed E-state index contributed by atoms with van der Waals surface area (Å²) in [6.07, 6.45) is 4.10. The summed E-state index contributed by atoms with van der Waals surface area (Å²) in [5.74, 6) is -0.182. The summed E-state index contributed by atoms with van der Waals surface area (Å²) in [6, 6.07) is 10.0. The number of carbonyl (C=O) groups is 1. The third-order valence-electron chi connectivity index (χ3n) is 3.79. The van der Waals surface area contributed by atoms with Crippen LogP contribution in [0.2, 0.25) is 0 Å². The number of esters is 1. The van der Waals surface area contributed by atoms with Gasteiger partial charge >= 0.3 is 5.97 Å². The van der Waals surface area contributed by atoms with Crippen molar-refractivity contribution in [2.24, 2.45) is 0 Å². The molecule has 0 saturated carbocycles. The molecule has 1 aliphatic heterocycles. The highest BCUT2D eigenvalue weighted by atomic mass is 16.5. The largest absolute Gasteiger partial charge is 0.460 e. The standard InChI is InChI=1S/C16H23NO3/c18-11-9-15-8-4-5-10-17(15)12-16(19)20-13-14-6-2-1-3-7-14/h1-3,6-7,15,18H,4-5,8-13H2. The lowest BCUT2D eigenvalue weighted by Crippen LogP contribution is -2.43. The van der Waals surface area contributed by atoms with Gasteiger partial charge in [-0.15, -0.1) is 0 Å². The number of aliphatic hydroxyl groups is 1. The Kier molecular flexibility index (Phi) is 6.02. The van der Waals surface area contributed by atoms with Gasteiger partial charge in [0.25, 0.3) is 0 Å². The average molecular weight is 277 g/mol. The van der Waals surface area contributed by atoms with Gasteiger partial charge in [-0.25, -0.2) is 0 Å². The topological polar surface area (TPSA) is 49.8 Å². The molecule has 0 bridgehead atoms. The van der Waals surface area contributed by atoms with E-state index in [1.165, 1.54) is 6.42 Å². The van der Waals surface area contributed by atoms with Gasteiger partial charge in [-0.1, -0.05) is 36.8 Å². The van der Waals surface area contributed by atoms with Crippen molar-refractivity contribution in [3.05, 3.63) is 35.9 Å². The molecule has 1 saturated heterocycles. The number of carbonyl (C=O) groups excluding carboxylic acids is 1. The molecule has 1 N–H and O–H groups in total. The first kappa shape index (κ1) is 15.0. The third-order valence-corrected chi connectivity index (χ3v) is 3.79. The molecule has 0 aromatic heterocycles. The molecular weight excluding hydrogens is 254 g/mol. The van der Waals surface area contributed by atoms with Crippen LogP contribution in [-0.4, -0.2) is 41.7 Å². The highest BCUT2D eigenvalue weighted by Gasteiger charge is 2.24. The lowest BCUT2D eigenvalue weighted by atomic mass is 10.00. The Balaban J connectivity index is 1.78. The van der Waals surface area contributed by atoms with E-state index in [9.17, 15) is 4.79 Å². The van der Waals surface area contributed by atoms with Gasteiger partial charge in [-0.05, 0) is 31.4 Å². The van der Waals surface area contributed by atoms with E-state index in [0.29, 0.717) is 19.2 Å². The number of aliphatic hydroxyl groups excluding tert-OH is 1. The maximum Gasteiger partial charge on any atom is 0.320 e. The fraction of sp³-hybridized carbons (Fsp3) is 0.562. The fourth-order valence-electron chi connectivity index (χ4n) is 2.69. The van der Waals surface area contributed by atoms with Gasteiger partial charge in [-0.2, -0.15) is 0 Å². The summed E-state index contributed by atoms with van der Waals surface area (Å²) in [7, 11) is 0. The smallest absolute Gasteiger partial charge is 0.320 e. The van der Waals surface area contributed by atoms with E-state index in [2.05, 4.69) is 4.90 Å². The molecule has 1 unspecified atom stereocenters. The van der Waals surface area contributed by atoms with E-state index >= 15 is 0 Å². The number of piperidine rings is 1. The second-order valence-corrected chi connectivity index (χ2v) is 5.28. The number of rotatable bonds is 6. The molecule has 2 rings (SSSR count). The summed E-state index contributed by atoms with van der Waals surface area (Å²) >= 11 is 0. The van der Waals surface area contributed by atoms with Gasteiger partial charge in [0.1, 0.15) is 6.61 Å². The molecule has 0 aliphatic carbocycles. The van der Waals surface area contributed by atoms with Crippen molar-refractivity contribution < 1.29 is 14.6 Å². The molecule has 1 aliphatic rings. The molecular formula is C16H23NO3. The fourth-order valence-corrected chi connectivity index (χ4v) is 2.69. The van der Waals surface area contributed by atoms with Crippen LogP contribution in [0.25, 0.3) is 0 Å². The Morgan fingerprint density at radius 3 is 2.85 bits per heavy atom. The van der Waals surface area contributed by atoms with Crippen LogP contribution < -0.4 is 0 Å². The Hall–Kier alpha value is -1.39. The zero-order chi connectivity index (χ0) is 14.2. The van der Waals surface area contributed by atoms with E-state index in [1.54, 1.807) is 0 Å². The molecule has 4 nitrogen and oxygen atoms in total. The van der Waals surface area contributed by atoms with Crippen molar-refractivity contribution in [2.45, 2.75) is 38.3 Å². The number of hydrogen-bond acceptors (Lipinski definition) is 4. The number of likely N-dealkylation sites (tertiary alicyclic amines) is 1. The normalized spacial score (nSPS) is 19.8. The maximum absolute atomic E-state index is 11.9. The number of nitrogens with zero attached hydrogens (tertiary/aromatic N) is 1. The van der Waals surface area contributed by atoms with Crippen LogP contribution in [0.15, 0.2) is 30.3 Å². The van der Waals surface area contributed by atoms with E-state index in [1.807, 2.05) is 30.3 Å². The zero-order valence-electron chi connectivity index (χ0n) is 11.8. The molecule has 20 heavy (non-hydrogen) atoms. The minimum atomic E-state index is -0.182. The lowest BCUT2D eigenvalue weighted by Gasteiger charge is -2.34. The van der Waals surface area contributed by atoms with Gasteiger partial charge < -0.3 is 9.84 Å². The molecule has 0 radical (unpaired) electrons. The van der Waals surface area contributed by atoms with Gasteiger partial charge in [0.15, 0.2) is 0 Å². The predicted octanol–water partition coefficient (Wildman–Crippen LogP) is 1.97. The molecule has 0 amide bonds. The molecule has 110 valence electrons. The van der Waals surface area contributed by atoms with Crippen molar-refractivity contribution in [1.29, 1.82) is 0 Å². The van der Waals surface area contributed by atoms with Crippen molar-refractivity contribution in [1.82, 2.24) is 4.90 Å². The van der Waals surface area contributed by atoms with E-state index < -0.39 is 0 Å². The van der Waals surface area contributed by atoms with Crippen molar-refractivity contribution in [3.8, 4) is 0 Å². The first-order valence-electron chi connectivity index (χ1n) is 7.34. The van der Waals surface area contributed by atoms with Gasteiger partial charge in [0.2, 0.25) is 0 Å². The SMILES string of the molecule is O=C(CN1CCCCC1CCO)OCc1ccccc1. The predicted molar refractivity (Wildman–Crippen MR) is 77.2 cm³/mol. The minimum absolute atomic E-state index is 0.181. The molecule has 4 heteroatoms. The lowest BCUT2D eigenvalue weighted by molar-refractivity contribution is -0.147. The average Bonchev–Trinajstić information content (AvgIpc) is 2.49. The number of ether oxygens (including phenoxy) is 1. The quantitative estimate of drug-likeness (QED) is 0.808. The first-order chi connectivity index (χ1) is 9.79. The van der Waals surface area contributed by atoms with Crippen molar-refractivity contribution >= 4 is 5.97 Å². The van der Waals surface area contributed by atoms with E-state index in [0.717, 1.165) is 31.4 Å². The molecule has 1 fully saturated rings. The Bertz CT molecular complexity index is 405. The van der Waals surface area contributed by atoms with Crippen LogP contribution in [-0.2, 0) is 16.1 Å². The summed E-state index contributed by atoms with van der Waals surface area (Å²) < 4.78 is 5.31. The highest BCUT2D eigenvalue weighted by molar-refractivity contribution is 5.71. The number of hydrogen-bond donors (Lipinski definition) is 1. The summed E-state index contributed by atoms with van der Waals surface area (Å²) in [6.45, 7) is 1.76. The maximum atomic E-state index is 11.9. The monoisotopic (exact) mass is 277 g/mol. The molecule has 1 aromatic carbocycles. The van der Waals surface area contributed by atoms with E-state index in [4.69, 9.17) is 9.84 Å². The van der Waals surface area contributed by atoms with Crippen LogP contribution in [0.3, 0.4) is 0 Å².